The predicted octanol–water partition coefficient (Wildman–Crippen LogP) is 6.06. The number of benzene rings is 2. The standard InChI is InChI=1S/C16H11Cl6N3OS/c17-9-3-1-2-8(6-9)13(26)24-14(16(20,21)22)25-15(27)23-12-5-4-10(18)7-11(12)19/h1-7,14H,(H,24,26)(H2,23,25,27)/t14-/m0/s1. The third kappa shape index (κ3) is 7.02. The summed E-state index contributed by atoms with van der Waals surface area (Å²) >= 11 is 40.9. The van der Waals surface area contributed by atoms with E-state index in [1.165, 1.54) is 6.07 Å². The molecule has 0 saturated carbocycles. The smallest absolute Gasteiger partial charge is 0.253 e. The van der Waals surface area contributed by atoms with Gasteiger partial charge in [0, 0.05) is 15.6 Å². The molecule has 0 heterocycles. The Morgan fingerprint density at radius 2 is 1.63 bits per heavy atom. The minimum atomic E-state index is -1.90. The monoisotopic (exact) mass is 503 g/mol. The van der Waals surface area contributed by atoms with Crippen molar-refractivity contribution in [2.45, 2.75) is 9.96 Å². The van der Waals surface area contributed by atoms with Crippen LogP contribution in [0.15, 0.2) is 42.5 Å². The number of rotatable bonds is 4. The highest BCUT2D eigenvalue weighted by Gasteiger charge is 2.35. The van der Waals surface area contributed by atoms with Gasteiger partial charge in [0.15, 0.2) is 5.11 Å². The van der Waals surface area contributed by atoms with Gasteiger partial charge in [-0.2, -0.15) is 0 Å². The molecule has 2 aromatic rings. The third-order valence-electron chi connectivity index (χ3n) is 3.14. The van der Waals surface area contributed by atoms with E-state index in [4.69, 9.17) is 81.8 Å². The summed E-state index contributed by atoms with van der Waals surface area (Å²) in [5.74, 6) is -0.506. The van der Waals surface area contributed by atoms with Gasteiger partial charge in [-0.05, 0) is 48.6 Å². The first-order valence-corrected chi connectivity index (χ1v) is 9.89. The Bertz CT molecular complexity index is 858. The summed E-state index contributed by atoms with van der Waals surface area (Å²) < 4.78 is -1.90. The molecule has 0 fully saturated rings. The Kier molecular flexibility index (Phi) is 8.13. The van der Waals surface area contributed by atoms with E-state index in [0.717, 1.165) is 0 Å². The summed E-state index contributed by atoms with van der Waals surface area (Å²) in [6.07, 6.45) is -1.14. The van der Waals surface area contributed by atoms with Crippen LogP contribution in [0.1, 0.15) is 10.4 Å². The van der Waals surface area contributed by atoms with Gasteiger partial charge in [0.05, 0.1) is 10.7 Å². The number of alkyl halides is 3. The van der Waals surface area contributed by atoms with Crippen molar-refractivity contribution in [3.05, 3.63) is 63.1 Å². The zero-order chi connectivity index (χ0) is 20.2. The first-order valence-electron chi connectivity index (χ1n) is 7.22. The molecule has 0 radical (unpaired) electrons. The summed E-state index contributed by atoms with van der Waals surface area (Å²) in [4.78, 5) is 12.4. The van der Waals surface area contributed by atoms with Gasteiger partial charge < -0.3 is 16.0 Å². The third-order valence-corrected chi connectivity index (χ3v) is 4.80. The lowest BCUT2D eigenvalue weighted by Gasteiger charge is -2.28. The summed E-state index contributed by atoms with van der Waals surface area (Å²) in [5, 5.41) is 9.42. The van der Waals surface area contributed by atoms with Crippen molar-refractivity contribution in [1.82, 2.24) is 10.6 Å². The van der Waals surface area contributed by atoms with Crippen molar-refractivity contribution >= 4 is 98.5 Å². The molecule has 0 aliphatic carbocycles. The number of halogens is 6. The SMILES string of the molecule is O=C(N[C@@H](NC(=S)Nc1ccc(Cl)cc1Cl)C(Cl)(Cl)Cl)c1cccc(Cl)c1. The molecule has 144 valence electrons. The first-order chi connectivity index (χ1) is 12.6. The second kappa shape index (κ2) is 9.70. The molecule has 0 aromatic heterocycles. The minimum Gasteiger partial charge on any atom is -0.339 e. The van der Waals surface area contributed by atoms with Crippen LogP contribution < -0.4 is 16.0 Å². The molecule has 0 unspecified atom stereocenters. The summed E-state index contributed by atoms with van der Waals surface area (Å²) in [6.45, 7) is 0. The maximum atomic E-state index is 12.4. The fourth-order valence-corrected chi connectivity index (χ4v) is 3.13. The maximum absolute atomic E-state index is 12.4. The highest BCUT2D eigenvalue weighted by Crippen LogP contribution is 2.30. The van der Waals surface area contributed by atoms with E-state index in [2.05, 4.69) is 16.0 Å². The van der Waals surface area contributed by atoms with Crippen LogP contribution in [0.4, 0.5) is 5.69 Å². The summed E-state index contributed by atoms with van der Waals surface area (Å²) in [6, 6.07) is 11.1. The zero-order valence-electron chi connectivity index (χ0n) is 13.2. The van der Waals surface area contributed by atoms with Crippen LogP contribution in [0.3, 0.4) is 0 Å². The molecule has 4 nitrogen and oxygen atoms in total. The van der Waals surface area contributed by atoms with E-state index < -0.39 is 15.9 Å². The van der Waals surface area contributed by atoms with Crippen LogP contribution in [0.25, 0.3) is 0 Å². The molecule has 2 rings (SSSR count). The number of hydrogen-bond acceptors (Lipinski definition) is 2. The molecule has 0 bridgehead atoms. The topological polar surface area (TPSA) is 53.2 Å². The Hall–Kier alpha value is -0.660. The molecule has 1 amide bonds. The molecule has 3 N–H and O–H groups in total. The summed E-state index contributed by atoms with van der Waals surface area (Å²) in [7, 11) is 0. The number of thiocarbonyl (C=S) groups is 1. The van der Waals surface area contributed by atoms with Gasteiger partial charge in [-0.3, -0.25) is 4.79 Å². The van der Waals surface area contributed by atoms with Gasteiger partial charge in [0.2, 0.25) is 3.79 Å². The second-order valence-corrected chi connectivity index (χ2v) is 9.24. The van der Waals surface area contributed by atoms with Crippen molar-refractivity contribution < 1.29 is 4.79 Å². The maximum Gasteiger partial charge on any atom is 0.253 e. The highest BCUT2D eigenvalue weighted by molar-refractivity contribution is 7.80. The van der Waals surface area contributed by atoms with Gasteiger partial charge >= 0.3 is 0 Å². The average molecular weight is 506 g/mol. The second-order valence-electron chi connectivity index (χ2n) is 5.18. The normalized spacial score (nSPS) is 12.2. The van der Waals surface area contributed by atoms with Crippen LogP contribution in [0, 0.1) is 0 Å². The van der Waals surface area contributed by atoms with Gasteiger partial charge in [-0.25, -0.2) is 0 Å². The molecule has 1 atom stereocenters. The van der Waals surface area contributed by atoms with Crippen molar-refractivity contribution in [3.8, 4) is 0 Å². The number of carbonyl (C=O) groups excluding carboxylic acids is 1. The molecule has 0 aliphatic rings. The van der Waals surface area contributed by atoms with Gasteiger partial charge in [-0.15, -0.1) is 0 Å². The lowest BCUT2D eigenvalue weighted by Crippen LogP contribution is -2.56. The number of hydrogen-bond donors (Lipinski definition) is 3. The van der Waals surface area contributed by atoms with Gasteiger partial charge in [0.1, 0.15) is 6.17 Å². The Morgan fingerprint density at radius 3 is 2.22 bits per heavy atom. The average Bonchev–Trinajstić information content (AvgIpc) is 2.56. The molecule has 2 aromatic carbocycles. The van der Waals surface area contributed by atoms with Crippen LogP contribution in [-0.2, 0) is 0 Å². The molecule has 0 saturated heterocycles. The molecule has 0 aliphatic heterocycles. The number of amides is 1. The lowest BCUT2D eigenvalue weighted by atomic mass is 10.2. The van der Waals surface area contributed by atoms with Crippen LogP contribution >= 0.6 is 81.8 Å². The van der Waals surface area contributed by atoms with Gasteiger partial charge in [0.25, 0.3) is 5.91 Å². The molecular weight excluding hydrogens is 495 g/mol. The van der Waals surface area contributed by atoms with Crippen LogP contribution in [0.2, 0.25) is 15.1 Å². The zero-order valence-corrected chi connectivity index (χ0v) is 18.6. The fourth-order valence-electron chi connectivity index (χ4n) is 1.92. The van der Waals surface area contributed by atoms with E-state index in [9.17, 15) is 4.79 Å². The first kappa shape index (κ1) is 22.6. The number of carbonyl (C=O) groups is 1. The molecular formula is C16H11Cl6N3OS. The largest absolute Gasteiger partial charge is 0.339 e. The lowest BCUT2D eigenvalue weighted by molar-refractivity contribution is 0.0934. The highest BCUT2D eigenvalue weighted by atomic mass is 35.6. The van der Waals surface area contributed by atoms with E-state index in [0.29, 0.717) is 26.3 Å². The van der Waals surface area contributed by atoms with E-state index in [-0.39, 0.29) is 5.11 Å². The van der Waals surface area contributed by atoms with Crippen LogP contribution in [-0.4, -0.2) is 21.0 Å². The van der Waals surface area contributed by atoms with Crippen LogP contribution in [0.5, 0.6) is 0 Å². The van der Waals surface area contributed by atoms with Gasteiger partial charge in [-0.1, -0.05) is 75.7 Å². The molecule has 0 spiro atoms. The summed E-state index contributed by atoms with van der Waals surface area (Å²) in [5.41, 5.74) is 0.783. The molecule has 27 heavy (non-hydrogen) atoms. The fraction of sp³-hybridized carbons (Fsp3) is 0.125. The number of nitrogens with one attached hydrogen (secondary N) is 3. The Balaban J connectivity index is 2.10. The Morgan fingerprint density at radius 1 is 0.963 bits per heavy atom. The quantitative estimate of drug-likeness (QED) is 0.268. The minimum absolute atomic E-state index is 0.0712. The van der Waals surface area contributed by atoms with Crippen molar-refractivity contribution in [1.29, 1.82) is 0 Å². The molecule has 11 heteroatoms. The Labute approximate surface area is 191 Å². The van der Waals surface area contributed by atoms with Crippen molar-refractivity contribution in [3.63, 3.8) is 0 Å². The van der Waals surface area contributed by atoms with E-state index in [1.807, 2.05) is 0 Å². The predicted molar refractivity (Wildman–Crippen MR) is 119 cm³/mol. The van der Waals surface area contributed by atoms with E-state index in [1.54, 1.807) is 36.4 Å². The van der Waals surface area contributed by atoms with Crippen molar-refractivity contribution in [2.24, 2.45) is 0 Å². The number of anilines is 1. The van der Waals surface area contributed by atoms with E-state index >= 15 is 0 Å². The van der Waals surface area contributed by atoms with Crippen molar-refractivity contribution in [2.75, 3.05) is 5.32 Å².